The fourth-order valence-electron chi connectivity index (χ4n) is 3.34. The number of pyridine rings is 1. The highest BCUT2D eigenvalue weighted by Gasteiger charge is 2.29. The molecule has 154 valence electrons. The molecule has 0 saturated heterocycles. The number of rotatable bonds is 3. The molecule has 0 aliphatic rings. The maximum absolute atomic E-state index is 12.6. The summed E-state index contributed by atoms with van der Waals surface area (Å²) in [6.07, 6.45) is -3.45. The van der Waals surface area contributed by atoms with Gasteiger partial charge in [0.1, 0.15) is 0 Å². The van der Waals surface area contributed by atoms with E-state index in [1.807, 2.05) is 54.6 Å². The fourth-order valence-corrected chi connectivity index (χ4v) is 3.34. The van der Waals surface area contributed by atoms with Crippen LogP contribution in [0.3, 0.4) is 0 Å². The minimum atomic E-state index is -4.34. The van der Waals surface area contributed by atoms with Gasteiger partial charge in [-0.3, -0.25) is 4.79 Å². The maximum atomic E-state index is 12.6. The molecule has 0 aliphatic heterocycles. The van der Waals surface area contributed by atoms with E-state index in [0.29, 0.717) is 18.4 Å². The number of nitrogens with one attached hydrogen (secondary N) is 1. The number of aromatic nitrogens is 1. The van der Waals surface area contributed by atoms with Gasteiger partial charge in [-0.2, -0.15) is 13.2 Å². The molecule has 3 aromatic carbocycles. The van der Waals surface area contributed by atoms with Gasteiger partial charge in [-0.15, -0.1) is 0 Å². The number of alkyl halides is 3. The zero-order chi connectivity index (χ0) is 21.8. The van der Waals surface area contributed by atoms with Crippen molar-refractivity contribution in [3.8, 4) is 11.8 Å². The second-order valence-electron chi connectivity index (χ2n) is 7.26. The molecule has 0 spiro atoms. The number of hydrogen-bond donors (Lipinski definition) is 1. The number of halogens is 3. The van der Waals surface area contributed by atoms with Crippen molar-refractivity contribution in [1.82, 2.24) is 4.98 Å². The zero-order valence-corrected chi connectivity index (χ0v) is 16.5. The van der Waals surface area contributed by atoms with Crippen molar-refractivity contribution in [2.45, 2.75) is 19.0 Å². The Bertz CT molecular complexity index is 1330. The highest BCUT2D eigenvalue weighted by Crippen LogP contribution is 2.29. The van der Waals surface area contributed by atoms with E-state index in [9.17, 15) is 18.0 Å². The van der Waals surface area contributed by atoms with Crippen LogP contribution in [-0.4, -0.2) is 4.98 Å². The first kappa shape index (κ1) is 20.5. The summed E-state index contributed by atoms with van der Waals surface area (Å²) >= 11 is 0. The molecule has 4 rings (SSSR count). The van der Waals surface area contributed by atoms with Crippen LogP contribution in [-0.2, 0) is 19.0 Å². The van der Waals surface area contributed by atoms with E-state index in [1.54, 1.807) is 0 Å². The van der Waals surface area contributed by atoms with Gasteiger partial charge in [0.05, 0.1) is 5.56 Å². The molecule has 0 bridgehead atoms. The second-order valence-corrected chi connectivity index (χ2v) is 7.26. The van der Waals surface area contributed by atoms with Gasteiger partial charge >= 0.3 is 6.18 Å². The third-order valence-corrected chi connectivity index (χ3v) is 4.97. The highest BCUT2D eigenvalue weighted by atomic mass is 19.4. The Morgan fingerprint density at radius 2 is 1.58 bits per heavy atom. The van der Waals surface area contributed by atoms with Crippen molar-refractivity contribution < 1.29 is 13.2 Å². The molecular formula is C26H18F3NO. The maximum Gasteiger partial charge on any atom is 0.416 e. The number of benzene rings is 3. The third-order valence-electron chi connectivity index (χ3n) is 4.97. The van der Waals surface area contributed by atoms with Crippen molar-refractivity contribution >= 4 is 10.9 Å². The molecular weight excluding hydrogens is 399 g/mol. The van der Waals surface area contributed by atoms with E-state index < -0.39 is 11.7 Å². The van der Waals surface area contributed by atoms with E-state index in [0.717, 1.165) is 39.7 Å². The summed E-state index contributed by atoms with van der Waals surface area (Å²) in [6.45, 7) is 0. The first-order valence-corrected chi connectivity index (χ1v) is 9.73. The van der Waals surface area contributed by atoms with Crippen LogP contribution >= 0.6 is 0 Å². The van der Waals surface area contributed by atoms with Gasteiger partial charge in [-0.1, -0.05) is 54.3 Å². The van der Waals surface area contributed by atoms with Crippen molar-refractivity contribution in [3.05, 3.63) is 117 Å². The predicted molar refractivity (Wildman–Crippen MR) is 116 cm³/mol. The van der Waals surface area contributed by atoms with Crippen LogP contribution in [0.1, 0.15) is 27.8 Å². The molecule has 0 saturated carbocycles. The summed E-state index contributed by atoms with van der Waals surface area (Å²) in [5.74, 6) is 6.05. The Morgan fingerprint density at radius 1 is 0.839 bits per heavy atom. The highest BCUT2D eigenvalue weighted by molar-refractivity contribution is 5.80. The minimum Gasteiger partial charge on any atom is -0.322 e. The molecule has 1 aromatic heterocycles. The van der Waals surface area contributed by atoms with Gasteiger partial charge in [0.2, 0.25) is 0 Å². The average molecular weight is 417 g/mol. The van der Waals surface area contributed by atoms with Gasteiger partial charge in [-0.05, 0) is 52.9 Å². The summed E-state index contributed by atoms with van der Waals surface area (Å²) < 4.78 is 37.9. The van der Waals surface area contributed by atoms with Crippen molar-refractivity contribution in [2.24, 2.45) is 0 Å². The van der Waals surface area contributed by atoms with Crippen LogP contribution in [0, 0.1) is 11.8 Å². The average Bonchev–Trinajstić information content (AvgIpc) is 2.75. The van der Waals surface area contributed by atoms with Crippen LogP contribution in [0.4, 0.5) is 13.2 Å². The van der Waals surface area contributed by atoms with Gasteiger partial charge in [0.15, 0.2) is 0 Å². The Morgan fingerprint density at radius 3 is 2.29 bits per heavy atom. The lowest BCUT2D eigenvalue weighted by Gasteiger charge is -2.06. The molecule has 1 N–H and O–H groups in total. The van der Waals surface area contributed by atoms with Crippen molar-refractivity contribution in [3.63, 3.8) is 0 Å². The minimum absolute atomic E-state index is 0.113. The molecule has 0 radical (unpaired) electrons. The molecule has 1 heterocycles. The molecule has 5 heteroatoms. The summed E-state index contributed by atoms with van der Waals surface area (Å²) in [6, 6.07) is 22.2. The molecule has 0 amide bonds. The topological polar surface area (TPSA) is 32.9 Å². The van der Waals surface area contributed by atoms with E-state index in [2.05, 4.69) is 16.8 Å². The van der Waals surface area contributed by atoms with Crippen molar-refractivity contribution in [1.29, 1.82) is 0 Å². The Hall–Kier alpha value is -3.78. The SMILES string of the molecule is O=c1[nH]c2ccc(C#CCc3ccc(C(F)(F)F)cc3)cc2cc1Cc1ccccc1. The first-order valence-electron chi connectivity index (χ1n) is 9.73. The normalized spacial score (nSPS) is 11.2. The summed E-state index contributed by atoms with van der Waals surface area (Å²) in [5.41, 5.74) is 3.17. The smallest absolute Gasteiger partial charge is 0.322 e. The van der Waals surface area contributed by atoms with E-state index in [1.165, 1.54) is 12.1 Å². The Labute approximate surface area is 177 Å². The molecule has 31 heavy (non-hydrogen) atoms. The Balaban J connectivity index is 1.54. The lowest BCUT2D eigenvalue weighted by Crippen LogP contribution is -2.12. The van der Waals surface area contributed by atoms with Crippen LogP contribution in [0.5, 0.6) is 0 Å². The molecule has 4 aromatic rings. The van der Waals surface area contributed by atoms with Crippen molar-refractivity contribution in [2.75, 3.05) is 0 Å². The van der Waals surface area contributed by atoms with Crippen LogP contribution in [0.25, 0.3) is 10.9 Å². The lowest BCUT2D eigenvalue weighted by atomic mass is 10.0. The molecule has 2 nitrogen and oxygen atoms in total. The lowest BCUT2D eigenvalue weighted by molar-refractivity contribution is -0.137. The predicted octanol–water partition coefficient (Wildman–Crippen LogP) is 5.73. The van der Waals surface area contributed by atoms with E-state index >= 15 is 0 Å². The standard InChI is InChI=1S/C26H18F3NO/c27-26(28,29)23-12-9-18(10-13-23)7-4-8-20-11-14-24-21(15-20)17-22(25(31)30-24)16-19-5-2-1-3-6-19/h1-3,5-6,9-15,17H,7,16H2,(H,30,31). The molecule has 0 unspecified atom stereocenters. The summed E-state index contributed by atoms with van der Waals surface area (Å²) in [5, 5.41) is 0.881. The largest absolute Gasteiger partial charge is 0.416 e. The molecule has 0 aliphatic carbocycles. The van der Waals surface area contributed by atoms with Crippen LogP contribution < -0.4 is 5.56 Å². The number of aromatic amines is 1. The number of fused-ring (bicyclic) bond motifs is 1. The Kier molecular flexibility index (Phi) is 5.64. The monoisotopic (exact) mass is 417 g/mol. The molecule has 0 atom stereocenters. The number of hydrogen-bond acceptors (Lipinski definition) is 1. The van der Waals surface area contributed by atoms with Gasteiger partial charge in [-0.25, -0.2) is 0 Å². The first-order chi connectivity index (χ1) is 14.9. The van der Waals surface area contributed by atoms with Crippen LogP contribution in [0.15, 0.2) is 83.7 Å². The van der Waals surface area contributed by atoms with Gasteiger partial charge in [0, 0.05) is 29.5 Å². The number of H-pyrrole nitrogens is 1. The second kappa shape index (κ2) is 8.53. The van der Waals surface area contributed by atoms with Crippen LogP contribution in [0.2, 0.25) is 0 Å². The summed E-state index contributed by atoms with van der Waals surface area (Å²) in [7, 11) is 0. The zero-order valence-electron chi connectivity index (χ0n) is 16.5. The molecule has 0 fully saturated rings. The quantitative estimate of drug-likeness (QED) is 0.424. The summed E-state index contributed by atoms with van der Waals surface area (Å²) in [4.78, 5) is 15.3. The third kappa shape index (κ3) is 5.04. The van der Waals surface area contributed by atoms with Gasteiger partial charge in [0.25, 0.3) is 5.56 Å². The van der Waals surface area contributed by atoms with E-state index in [-0.39, 0.29) is 5.56 Å². The van der Waals surface area contributed by atoms with Gasteiger partial charge < -0.3 is 4.98 Å². The fraction of sp³-hybridized carbons (Fsp3) is 0.115. The van der Waals surface area contributed by atoms with E-state index in [4.69, 9.17) is 0 Å².